The first-order chi connectivity index (χ1) is 13.0. The number of amides is 1. The van der Waals surface area contributed by atoms with Crippen LogP contribution < -0.4 is 14.9 Å². The first kappa shape index (κ1) is 17.3. The number of hydrazone groups is 1. The van der Waals surface area contributed by atoms with E-state index in [-0.39, 0.29) is 12.5 Å². The van der Waals surface area contributed by atoms with Crippen molar-refractivity contribution in [3.63, 3.8) is 0 Å². The molecule has 0 saturated heterocycles. The lowest BCUT2D eigenvalue weighted by molar-refractivity contribution is -0.384. The van der Waals surface area contributed by atoms with Gasteiger partial charge in [0.2, 0.25) is 6.79 Å². The fourth-order valence-corrected chi connectivity index (χ4v) is 3.64. The molecule has 1 aliphatic rings. The van der Waals surface area contributed by atoms with Gasteiger partial charge in [0.25, 0.3) is 11.6 Å². The van der Waals surface area contributed by atoms with E-state index in [9.17, 15) is 14.9 Å². The number of nitrogens with zero attached hydrogens (tertiary/aromatic N) is 2. The Balaban J connectivity index is 1.50. The smallest absolute Gasteiger partial charge is 0.281 e. The molecule has 0 fully saturated rings. The van der Waals surface area contributed by atoms with Crippen LogP contribution in [0.1, 0.15) is 15.2 Å². The summed E-state index contributed by atoms with van der Waals surface area (Å²) in [4.78, 5) is 23.0. The highest BCUT2D eigenvalue weighted by molar-refractivity contribution is 7.20. The molecule has 2 heterocycles. The van der Waals surface area contributed by atoms with E-state index in [4.69, 9.17) is 21.1 Å². The molecule has 0 aliphatic carbocycles. The van der Waals surface area contributed by atoms with Gasteiger partial charge >= 0.3 is 0 Å². The Hall–Kier alpha value is -3.17. The zero-order chi connectivity index (χ0) is 19.0. The maximum Gasteiger partial charge on any atom is 0.281 e. The minimum Gasteiger partial charge on any atom is -0.454 e. The number of nitro groups is 1. The van der Waals surface area contributed by atoms with Gasteiger partial charge in [-0.05, 0) is 18.2 Å². The number of fused-ring (bicyclic) bond motifs is 2. The molecule has 8 nitrogen and oxygen atoms in total. The van der Waals surface area contributed by atoms with Crippen LogP contribution in [0.4, 0.5) is 5.69 Å². The number of carbonyl (C=O) groups excluding carboxylic acids is 1. The van der Waals surface area contributed by atoms with E-state index < -0.39 is 10.8 Å². The summed E-state index contributed by atoms with van der Waals surface area (Å²) in [6.07, 6.45) is 1.40. The van der Waals surface area contributed by atoms with Gasteiger partial charge in [-0.2, -0.15) is 5.10 Å². The van der Waals surface area contributed by atoms with Crippen molar-refractivity contribution in [3.8, 4) is 11.5 Å². The fraction of sp³-hybridized carbons (Fsp3) is 0.0588. The molecule has 0 saturated carbocycles. The largest absolute Gasteiger partial charge is 0.454 e. The van der Waals surface area contributed by atoms with Crippen molar-refractivity contribution < 1.29 is 19.2 Å². The summed E-state index contributed by atoms with van der Waals surface area (Å²) in [5.74, 6) is 0.686. The number of halogens is 1. The Kier molecular flexibility index (Phi) is 4.38. The number of hydrogen-bond acceptors (Lipinski definition) is 7. The zero-order valence-corrected chi connectivity index (χ0v) is 15.0. The molecule has 0 radical (unpaired) electrons. The maximum atomic E-state index is 12.3. The van der Waals surface area contributed by atoms with E-state index in [1.54, 1.807) is 24.3 Å². The lowest BCUT2D eigenvalue weighted by atomic mass is 10.2. The Bertz CT molecular complexity index is 1110. The van der Waals surface area contributed by atoms with Crippen LogP contribution in [0.3, 0.4) is 0 Å². The van der Waals surface area contributed by atoms with Crippen LogP contribution in [0.25, 0.3) is 10.1 Å². The van der Waals surface area contributed by atoms with Gasteiger partial charge in [-0.1, -0.05) is 11.6 Å². The Morgan fingerprint density at radius 1 is 1.26 bits per heavy atom. The number of nitrogens with one attached hydrogen (secondary N) is 1. The SMILES string of the molecule is O=C(NN=Cc1cc2c(cc1Cl)OCO2)c1cc2cc([N+](=O)[O-])ccc2s1. The van der Waals surface area contributed by atoms with Gasteiger partial charge in [-0.25, -0.2) is 5.43 Å². The maximum absolute atomic E-state index is 12.3. The van der Waals surface area contributed by atoms with Crippen LogP contribution in [0, 0.1) is 10.1 Å². The monoisotopic (exact) mass is 403 g/mol. The summed E-state index contributed by atoms with van der Waals surface area (Å²) in [5, 5.41) is 15.8. The lowest BCUT2D eigenvalue weighted by Gasteiger charge is -2.01. The third-order valence-corrected chi connectivity index (χ3v) is 5.24. The highest BCUT2D eigenvalue weighted by Crippen LogP contribution is 2.36. The topological polar surface area (TPSA) is 103 Å². The molecule has 0 spiro atoms. The normalized spacial score (nSPS) is 12.6. The molecule has 1 amide bonds. The Morgan fingerprint density at radius 2 is 2.04 bits per heavy atom. The third kappa shape index (κ3) is 3.42. The van der Waals surface area contributed by atoms with Gasteiger partial charge in [0.15, 0.2) is 11.5 Å². The average molecular weight is 404 g/mol. The summed E-state index contributed by atoms with van der Waals surface area (Å²) >= 11 is 7.36. The van der Waals surface area contributed by atoms with Crippen molar-refractivity contribution in [2.45, 2.75) is 0 Å². The number of nitro benzene ring substituents is 1. The van der Waals surface area contributed by atoms with Crippen LogP contribution in [0.2, 0.25) is 5.02 Å². The first-order valence-corrected chi connectivity index (χ1v) is 8.81. The third-order valence-electron chi connectivity index (χ3n) is 3.80. The van der Waals surface area contributed by atoms with Gasteiger partial charge in [0.05, 0.1) is 21.0 Å². The van der Waals surface area contributed by atoms with E-state index >= 15 is 0 Å². The van der Waals surface area contributed by atoms with E-state index in [0.717, 1.165) is 4.70 Å². The molecule has 0 atom stereocenters. The molecular weight excluding hydrogens is 394 g/mol. The molecule has 27 heavy (non-hydrogen) atoms. The number of benzene rings is 2. The number of non-ortho nitro benzene ring substituents is 1. The summed E-state index contributed by atoms with van der Waals surface area (Å²) < 4.78 is 11.3. The molecular formula is C17H10ClN3O5S. The molecule has 1 N–H and O–H groups in total. The van der Waals surface area contributed by atoms with E-state index in [0.29, 0.717) is 32.3 Å². The van der Waals surface area contributed by atoms with E-state index in [1.165, 1.54) is 29.7 Å². The van der Waals surface area contributed by atoms with Crippen molar-refractivity contribution in [2.24, 2.45) is 5.10 Å². The summed E-state index contributed by atoms with van der Waals surface area (Å²) in [7, 11) is 0. The molecule has 10 heteroatoms. The predicted molar refractivity (Wildman–Crippen MR) is 101 cm³/mol. The van der Waals surface area contributed by atoms with Crippen LogP contribution in [0.5, 0.6) is 11.5 Å². The lowest BCUT2D eigenvalue weighted by Crippen LogP contribution is -2.16. The van der Waals surface area contributed by atoms with Crippen molar-refractivity contribution in [1.29, 1.82) is 0 Å². The van der Waals surface area contributed by atoms with E-state index in [1.807, 2.05) is 0 Å². The number of thiophene rings is 1. The van der Waals surface area contributed by atoms with Crippen LogP contribution in [0.15, 0.2) is 41.5 Å². The van der Waals surface area contributed by atoms with Gasteiger partial charge in [0, 0.05) is 33.8 Å². The Morgan fingerprint density at radius 3 is 2.81 bits per heavy atom. The molecule has 3 aromatic rings. The second-order valence-electron chi connectivity index (χ2n) is 5.52. The second kappa shape index (κ2) is 6.86. The van der Waals surface area contributed by atoms with Crippen molar-refractivity contribution >= 4 is 50.8 Å². The quantitative estimate of drug-likeness (QED) is 0.403. The fourth-order valence-electron chi connectivity index (χ4n) is 2.50. The van der Waals surface area contributed by atoms with E-state index in [2.05, 4.69) is 10.5 Å². The summed E-state index contributed by atoms with van der Waals surface area (Å²) in [6.45, 7) is 0.132. The Labute approximate surface area is 161 Å². The number of carbonyl (C=O) groups is 1. The second-order valence-corrected chi connectivity index (χ2v) is 7.01. The van der Waals surface area contributed by atoms with Crippen LogP contribution in [-0.4, -0.2) is 23.8 Å². The van der Waals surface area contributed by atoms with Crippen LogP contribution in [-0.2, 0) is 0 Å². The molecule has 2 aromatic carbocycles. The highest BCUT2D eigenvalue weighted by atomic mass is 35.5. The van der Waals surface area contributed by atoms with Gasteiger partial charge < -0.3 is 9.47 Å². The van der Waals surface area contributed by atoms with Gasteiger partial charge in [-0.3, -0.25) is 14.9 Å². The highest BCUT2D eigenvalue weighted by Gasteiger charge is 2.16. The van der Waals surface area contributed by atoms with Crippen molar-refractivity contribution in [2.75, 3.05) is 6.79 Å². The molecule has 1 aliphatic heterocycles. The number of rotatable bonds is 4. The average Bonchev–Trinajstić information content (AvgIpc) is 3.27. The predicted octanol–water partition coefficient (Wildman–Crippen LogP) is 3.96. The minimum absolute atomic E-state index is 0.0253. The minimum atomic E-state index is -0.476. The first-order valence-electron chi connectivity index (χ1n) is 7.62. The summed E-state index contributed by atoms with van der Waals surface area (Å²) in [6, 6.07) is 9.32. The zero-order valence-electron chi connectivity index (χ0n) is 13.5. The van der Waals surface area contributed by atoms with Gasteiger partial charge in [0.1, 0.15) is 0 Å². The molecule has 1 aromatic heterocycles. The van der Waals surface area contributed by atoms with Crippen LogP contribution >= 0.6 is 22.9 Å². The van der Waals surface area contributed by atoms with Gasteiger partial charge in [-0.15, -0.1) is 11.3 Å². The summed E-state index contributed by atoms with van der Waals surface area (Å²) in [5.41, 5.74) is 2.95. The molecule has 136 valence electrons. The van der Waals surface area contributed by atoms with Crippen molar-refractivity contribution in [3.05, 3.63) is 62.0 Å². The molecule has 0 bridgehead atoms. The van der Waals surface area contributed by atoms with Crippen molar-refractivity contribution in [1.82, 2.24) is 5.43 Å². The molecule has 0 unspecified atom stereocenters. The number of ether oxygens (including phenoxy) is 2. The molecule has 4 rings (SSSR count). The standard InChI is InChI=1S/C17H10ClN3O5S/c18-12-6-14-13(25-8-26-14)4-10(12)7-19-20-17(22)16-5-9-3-11(21(23)24)1-2-15(9)27-16/h1-7H,8H2,(H,20,22). The number of hydrogen-bond donors (Lipinski definition) is 1.